The molecule has 0 amide bonds. The maximum absolute atomic E-state index is 9.14. The van der Waals surface area contributed by atoms with Crippen molar-refractivity contribution in [3.63, 3.8) is 0 Å². The normalized spacial score (nSPS) is 77.8. The van der Waals surface area contributed by atoms with Crippen molar-refractivity contribution in [2.24, 2.45) is 52.5 Å². The first-order valence-corrected chi connectivity index (χ1v) is 6.62. The summed E-state index contributed by atoms with van der Waals surface area (Å²) >= 11 is 3.91. The molecule has 0 aromatic heterocycles. The van der Waals surface area contributed by atoms with Crippen molar-refractivity contribution in [3.8, 4) is 0 Å². The van der Waals surface area contributed by atoms with Crippen molar-refractivity contribution in [3.05, 3.63) is 0 Å². The van der Waals surface area contributed by atoms with Crippen LogP contribution in [0.1, 0.15) is 6.42 Å². The maximum atomic E-state index is 9.14. The summed E-state index contributed by atoms with van der Waals surface area (Å²) in [5, 5.41) is 12.8. The molecule has 1 N–H and O–H groups in total. The van der Waals surface area contributed by atoms with Gasteiger partial charge in [-0.25, -0.2) is 0 Å². The molecule has 14 heavy (non-hydrogen) atoms. The van der Waals surface area contributed by atoms with Gasteiger partial charge in [0.05, 0.1) is 5.71 Å². The average molecular weight is 254 g/mol. The average Bonchev–Trinajstić information content (AvgIpc) is 2.85. The van der Waals surface area contributed by atoms with Gasteiger partial charge in [0.25, 0.3) is 0 Å². The van der Waals surface area contributed by atoms with Gasteiger partial charge in [-0.15, -0.1) is 0 Å². The number of nitrogens with zero attached hydrogens (tertiary/aromatic N) is 1. The Hall–Kier alpha value is -0.0500. The second kappa shape index (κ2) is 1.81. The third-order valence-corrected chi connectivity index (χ3v) is 7.38. The fourth-order valence-electron chi connectivity index (χ4n) is 6.36. The van der Waals surface area contributed by atoms with Crippen LogP contribution in [0.2, 0.25) is 0 Å². The van der Waals surface area contributed by atoms with E-state index in [1.165, 1.54) is 12.1 Å². The van der Waals surface area contributed by atoms with Crippen molar-refractivity contribution in [1.29, 1.82) is 0 Å². The summed E-state index contributed by atoms with van der Waals surface area (Å²) in [6, 6.07) is 0. The fraction of sp³-hybridized carbons (Fsp3) is 0.909. The van der Waals surface area contributed by atoms with Crippen LogP contribution >= 0.6 is 15.9 Å². The molecule has 6 rings (SSSR count). The molecule has 0 radical (unpaired) electrons. The Morgan fingerprint density at radius 1 is 1.07 bits per heavy atom. The number of halogens is 1. The Morgan fingerprint density at radius 3 is 2.57 bits per heavy atom. The van der Waals surface area contributed by atoms with E-state index in [0.717, 1.165) is 40.3 Å². The van der Waals surface area contributed by atoms with Crippen molar-refractivity contribution in [1.82, 2.24) is 0 Å². The molecule has 0 aromatic carbocycles. The predicted octanol–water partition coefficient (Wildman–Crippen LogP) is 1.97. The minimum absolute atomic E-state index is 0.674. The van der Waals surface area contributed by atoms with E-state index in [9.17, 15) is 0 Å². The van der Waals surface area contributed by atoms with Crippen LogP contribution in [0.3, 0.4) is 0 Å². The lowest BCUT2D eigenvalue weighted by Crippen LogP contribution is -2.30. The van der Waals surface area contributed by atoms with Gasteiger partial charge in [0, 0.05) is 16.7 Å². The van der Waals surface area contributed by atoms with Gasteiger partial charge < -0.3 is 5.21 Å². The summed E-state index contributed by atoms with van der Waals surface area (Å²) in [6.45, 7) is 0. The van der Waals surface area contributed by atoms with E-state index in [4.69, 9.17) is 5.21 Å². The molecule has 0 aromatic rings. The molecule has 6 saturated carbocycles. The van der Waals surface area contributed by atoms with E-state index >= 15 is 0 Å². The molecule has 6 aliphatic rings. The monoisotopic (exact) mass is 253 g/mol. The van der Waals surface area contributed by atoms with Crippen LogP contribution in [-0.4, -0.2) is 15.7 Å². The van der Waals surface area contributed by atoms with Crippen molar-refractivity contribution < 1.29 is 5.21 Å². The van der Waals surface area contributed by atoms with E-state index in [1.54, 1.807) is 0 Å². The molecule has 0 heterocycles. The van der Waals surface area contributed by atoms with E-state index < -0.39 is 0 Å². The lowest BCUT2D eigenvalue weighted by molar-refractivity contribution is 0.132. The Bertz CT molecular complexity index is 379. The highest BCUT2D eigenvalue weighted by molar-refractivity contribution is 9.09. The highest BCUT2D eigenvalue weighted by atomic mass is 79.9. The number of hydrogen-bond donors (Lipinski definition) is 1. The molecular formula is C11H12BrNO. The standard InChI is InChI=1S/C11H12BrNO/c12-10-6-2-1-3-4(6)9-8(10)5(2)7(3)11(9)13-14/h2-10,14H,1H2/b13-11-/t2-,3-,4+,5+,6-,7+,8-,9+,10+/m1/s1. The lowest BCUT2D eigenvalue weighted by Gasteiger charge is -2.32. The molecule has 3 heteroatoms. The summed E-state index contributed by atoms with van der Waals surface area (Å²) in [5.41, 5.74) is 1.20. The van der Waals surface area contributed by atoms with Crippen LogP contribution in [0.5, 0.6) is 0 Å². The van der Waals surface area contributed by atoms with Crippen molar-refractivity contribution in [2.75, 3.05) is 0 Å². The summed E-state index contributed by atoms with van der Waals surface area (Å²) in [4.78, 5) is 0.752. The molecular weight excluding hydrogens is 242 g/mol. The third kappa shape index (κ3) is 0.427. The summed E-state index contributed by atoms with van der Waals surface area (Å²) in [6.07, 6.45) is 1.44. The summed E-state index contributed by atoms with van der Waals surface area (Å²) in [5.74, 6) is 6.84. The lowest BCUT2D eigenvalue weighted by atomic mass is 9.71. The Labute approximate surface area is 90.9 Å². The first-order chi connectivity index (χ1) is 6.84. The smallest absolute Gasteiger partial charge is 0.0644 e. The van der Waals surface area contributed by atoms with Gasteiger partial charge in [0.15, 0.2) is 0 Å². The van der Waals surface area contributed by atoms with Gasteiger partial charge in [0.1, 0.15) is 0 Å². The second-order valence-electron chi connectivity index (χ2n) is 5.89. The Balaban J connectivity index is 1.85. The van der Waals surface area contributed by atoms with E-state index in [2.05, 4.69) is 21.1 Å². The molecule has 6 bridgehead atoms. The van der Waals surface area contributed by atoms with Crippen LogP contribution < -0.4 is 0 Å². The fourth-order valence-corrected chi connectivity index (χ4v) is 7.79. The van der Waals surface area contributed by atoms with Crippen molar-refractivity contribution >= 4 is 21.6 Å². The molecule has 0 unspecified atom stereocenters. The van der Waals surface area contributed by atoms with Crippen LogP contribution in [0.4, 0.5) is 0 Å². The maximum Gasteiger partial charge on any atom is 0.0644 e. The number of rotatable bonds is 0. The number of alkyl halides is 1. The van der Waals surface area contributed by atoms with Crippen LogP contribution in [0.15, 0.2) is 5.16 Å². The second-order valence-corrected chi connectivity index (χ2v) is 6.95. The van der Waals surface area contributed by atoms with Gasteiger partial charge in [0.2, 0.25) is 0 Å². The van der Waals surface area contributed by atoms with Gasteiger partial charge in [-0.2, -0.15) is 0 Å². The minimum Gasteiger partial charge on any atom is -0.411 e. The quantitative estimate of drug-likeness (QED) is 0.400. The Kier molecular flexibility index (Phi) is 0.940. The van der Waals surface area contributed by atoms with Gasteiger partial charge in [-0.3, -0.25) is 0 Å². The summed E-state index contributed by atoms with van der Waals surface area (Å²) in [7, 11) is 0. The molecule has 74 valence electrons. The molecule has 2 nitrogen and oxygen atoms in total. The van der Waals surface area contributed by atoms with E-state index in [1.807, 2.05) is 0 Å². The largest absolute Gasteiger partial charge is 0.411 e. The first-order valence-electron chi connectivity index (χ1n) is 5.70. The first kappa shape index (κ1) is 7.26. The van der Waals surface area contributed by atoms with E-state index in [0.29, 0.717) is 11.8 Å². The zero-order valence-corrected chi connectivity index (χ0v) is 9.26. The molecule has 0 aliphatic heterocycles. The van der Waals surface area contributed by atoms with Crippen molar-refractivity contribution in [2.45, 2.75) is 11.2 Å². The molecule has 0 saturated heterocycles. The SMILES string of the molecule is O/N=C1\[C@H]2[C@H]3[C@H]4C[C@H]5[C@H]3[C@H](Br)[C@@H]2[C@@H]5[C@@H]14. The Morgan fingerprint density at radius 2 is 1.86 bits per heavy atom. The minimum atomic E-state index is 0.674. The van der Waals surface area contributed by atoms with Crippen LogP contribution in [0.25, 0.3) is 0 Å². The highest BCUT2D eigenvalue weighted by Gasteiger charge is 2.82. The number of hydrogen-bond acceptors (Lipinski definition) is 2. The van der Waals surface area contributed by atoms with Gasteiger partial charge in [-0.05, 0) is 41.9 Å². The highest BCUT2D eigenvalue weighted by Crippen LogP contribution is 2.82. The summed E-state index contributed by atoms with van der Waals surface area (Å²) < 4.78 is 0. The molecule has 9 atom stereocenters. The molecule has 6 fully saturated rings. The topological polar surface area (TPSA) is 32.6 Å². The van der Waals surface area contributed by atoms with Gasteiger partial charge >= 0.3 is 0 Å². The predicted molar refractivity (Wildman–Crippen MR) is 54.5 cm³/mol. The number of oxime groups is 1. The zero-order valence-electron chi connectivity index (χ0n) is 7.68. The third-order valence-electron chi connectivity index (χ3n) is 6.16. The van der Waals surface area contributed by atoms with E-state index in [-0.39, 0.29) is 0 Å². The molecule has 0 spiro atoms. The molecule has 6 aliphatic carbocycles. The van der Waals surface area contributed by atoms with Gasteiger partial charge in [-0.1, -0.05) is 21.1 Å². The van der Waals surface area contributed by atoms with Crippen LogP contribution in [-0.2, 0) is 0 Å². The zero-order chi connectivity index (χ0) is 9.19. The van der Waals surface area contributed by atoms with Crippen LogP contribution in [0, 0.1) is 47.3 Å².